The van der Waals surface area contributed by atoms with Crippen LogP contribution in [0.15, 0.2) is 28.7 Å². The molecule has 0 radical (unpaired) electrons. The van der Waals surface area contributed by atoms with E-state index in [-0.39, 0.29) is 0 Å². The van der Waals surface area contributed by atoms with Gasteiger partial charge in [-0.15, -0.1) is 0 Å². The molecule has 0 aliphatic heterocycles. The first-order valence-corrected chi connectivity index (χ1v) is 7.58. The van der Waals surface area contributed by atoms with E-state index >= 15 is 0 Å². The minimum absolute atomic E-state index is 0.323. The van der Waals surface area contributed by atoms with E-state index < -0.39 is 0 Å². The number of para-hydroxylation sites is 1. The lowest BCUT2D eigenvalue weighted by Gasteiger charge is -2.07. The van der Waals surface area contributed by atoms with Crippen molar-refractivity contribution in [2.45, 2.75) is 39.3 Å². The molecule has 0 aliphatic carbocycles. The summed E-state index contributed by atoms with van der Waals surface area (Å²) in [6.45, 7) is 6.67. The van der Waals surface area contributed by atoms with Gasteiger partial charge in [-0.25, -0.2) is 0 Å². The molecular weight excluding hydrogens is 266 g/mol. The number of furan rings is 1. The summed E-state index contributed by atoms with van der Waals surface area (Å²) < 4.78 is 16.7. The number of hydrogen-bond acceptors (Lipinski definition) is 4. The molecule has 116 valence electrons. The minimum Gasteiger partial charge on any atom is -0.493 e. The predicted octanol–water partition coefficient (Wildman–Crippen LogP) is 3.74. The Kier molecular flexibility index (Phi) is 6.08. The Bertz CT molecular complexity index is 548. The molecule has 4 nitrogen and oxygen atoms in total. The fraction of sp³-hybridized carbons (Fsp3) is 0.529. The molecule has 0 bridgehead atoms. The molecule has 4 heteroatoms. The molecule has 0 amide bonds. The summed E-state index contributed by atoms with van der Waals surface area (Å²) in [4.78, 5) is 0. The van der Waals surface area contributed by atoms with Crippen LogP contribution in [-0.4, -0.2) is 26.4 Å². The number of hydrogen-bond donors (Lipinski definition) is 1. The average molecular weight is 291 g/mol. The van der Waals surface area contributed by atoms with Gasteiger partial charge in [-0.2, -0.15) is 0 Å². The minimum atomic E-state index is 0.323. The fourth-order valence-corrected chi connectivity index (χ4v) is 2.22. The molecule has 0 saturated heterocycles. The number of fused-ring (bicyclic) bond motifs is 1. The van der Waals surface area contributed by atoms with Gasteiger partial charge in [0.15, 0.2) is 11.3 Å². The third-order valence-electron chi connectivity index (χ3n) is 3.28. The molecular formula is C17H25NO3. The van der Waals surface area contributed by atoms with E-state index in [0.29, 0.717) is 6.10 Å². The first-order chi connectivity index (χ1) is 10.2. The molecule has 0 fully saturated rings. The van der Waals surface area contributed by atoms with Gasteiger partial charge in [-0.05, 0) is 45.4 Å². The van der Waals surface area contributed by atoms with Gasteiger partial charge in [0.2, 0.25) is 0 Å². The van der Waals surface area contributed by atoms with Crippen molar-refractivity contribution in [2.75, 3.05) is 20.3 Å². The lowest BCUT2D eigenvalue weighted by Crippen LogP contribution is -2.15. The third-order valence-corrected chi connectivity index (χ3v) is 3.28. The smallest absolute Gasteiger partial charge is 0.176 e. The lowest BCUT2D eigenvalue weighted by molar-refractivity contribution is 0.0760. The molecule has 1 aromatic heterocycles. The van der Waals surface area contributed by atoms with E-state index in [4.69, 9.17) is 13.9 Å². The topological polar surface area (TPSA) is 43.6 Å². The van der Waals surface area contributed by atoms with Gasteiger partial charge in [0.25, 0.3) is 0 Å². The Hall–Kier alpha value is -1.52. The van der Waals surface area contributed by atoms with Crippen LogP contribution in [0.25, 0.3) is 11.0 Å². The molecule has 0 atom stereocenters. The van der Waals surface area contributed by atoms with Crippen molar-refractivity contribution in [2.24, 2.45) is 0 Å². The van der Waals surface area contributed by atoms with Crippen LogP contribution in [0.5, 0.6) is 5.75 Å². The van der Waals surface area contributed by atoms with Crippen LogP contribution in [0.4, 0.5) is 0 Å². The maximum atomic E-state index is 5.84. The molecule has 0 spiro atoms. The Balaban J connectivity index is 1.74. The van der Waals surface area contributed by atoms with Crippen LogP contribution in [0.2, 0.25) is 0 Å². The highest BCUT2D eigenvalue weighted by molar-refractivity contribution is 5.83. The number of ether oxygens (including phenoxy) is 2. The van der Waals surface area contributed by atoms with E-state index in [1.54, 1.807) is 7.11 Å². The van der Waals surface area contributed by atoms with Crippen LogP contribution in [0, 0.1) is 0 Å². The molecule has 1 heterocycles. The van der Waals surface area contributed by atoms with Gasteiger partial charge >= 0.3 is 0 Å². The van der Waals surface area contributed by atoms with Crippen LogP contribution < -0.4 is 10.1 Å². The van der Waals surface area contributed by atoms with Crippen molar-refractivity contribution >= 4 is 11.0 Å². The summed E-state index contributed by atoms with van der Waals surface area (Å²) in [7, 11) is 1.66. The Morgan fingerprint density at radius 3 is 2.86 bits per heavy atom. The second-order valence-corrected chi connectivity index (χ2v) is 5.39. The van der Waals surface area contributed by atoms with Gasteiger partial charge in [0.05, 0.1) is 19.8 Å². The zero-order valence-corrected chi connectivity index (χ0v) is 13.1. The van der Waals surface area contributed by atoms with Crippen molar-refractivity contribution in [3.8, 4) is 5.75 Å². The Morgan fingerprint density at radius 1 is 1.24 bits per heavy atom. The zero-order valence-electron chi connectivity index (χ0n) is 13.1. The van der Waals surface area contributed by atoms with Crippen LogP contribution in [0.3, 0.4) is 0 Å². The lowest BCUT2D eigenvalue weighted by atomic mass is 10.2. The molecule has 2 rings (SSSR count). The van der Waals surface area contributed by atoms with Crippen LogP contribution in [0.1, 0.15) is 32.4 Å². The van der Waals surface area contributed by atoms with Gasteiger partial charge in [-0.1, -0.05) is 12.1 Å². The summed E-state index contributed by atoms with van der Waals surface area (Å²) >= 11 is 0. The summed E-state index contributed by atoms with van der Waals surface area (Å²) in [5, 5.41) is 4.48. The van der Waals surface area contributed by atoms with Crippen molar-refractivity contribution in [3.63, 3.8) is 0 Å². The van der Waals surface area contributed by atoms with E-state index in [9.17, 15) is 0 Å². The zero-order chi connectivity index (χ0) is 15.1. The average Bonchev–Trinajstić information content (AvgIpc) is 2.88. The van der Waals surface area contributed by atoms with Gasteiger partial charge < -0.3 is 19.2 Å². The third kappa shape index (κ3) is 4.76. The predicted molar refractivity (Wildman–Crippen MR) is 84.8 cm³/mol. The number of benzene rings is 1. The second kappa shape index (κ2) is 8.05. The largest absolute Gasteiger partial charge is 0.493 e. The molecule has 2 aromatic rings. The summed E-state index contributed by atoms with van der Waals surface area (Å²) in [6.07, 6.45) is 2.51. The summed E-state index contributed by atoms with van der Waals surface area (Å²) in [5.41, 5.74) is 0.821. The van der Waals surface area contributed by atoms with E-state index in [1.165, 1.54) is 0 Å². The number of unbranched alkanes of at least 4 members (excludes halogenated alkanes) is 1. The highest BCUT2D eigenvalue weighted by atomic mass is 16.5. The van der Waals surface area contributed by atoms with Crippen molar-refractivity contribution in [1.82, 2.24) is 5.32 Å². The van der Waals surface area contributed by atoms with E-state index in [0.717, 1.165) is 55.0 Å². The Labute approximate surface area is 126 Å². The first kappa shape index (κ1) is 15.9. The number of methoxy groups -OCH3 is 1. The summed E-state index contributed by atoms with van der Waals surface area (Å²) in [5.74, 6) is 1.72. The highest BCUT2D eigenvalue weighted by Crippen LogP contribution is 2.28. The highest BCUT2D eigenvalue weighted by Gasteiger charge is 2.07. The Morgan fingerprint density at radius 2 is 2.10 bits per heavy atom. The van der Waals surface area contributed by atoms with Crippen molar-refractivity contribution < 1.29 is 13.9 Å². The standard InChI is InChI=1S/C17H25NO3/c1-13(2)20-10-5-4-9-18-12-15-11-14-7-6-8-16(19-3)17(14)21-15/h6-8,11,13,18H,4-5,9-10,12H2,1-3H3. The molecule has 0 saturated carbocycles. The van der Waals surface area contributed by atoms with Crippen molar-refractivity contribution in [3.05, 3.63) is 30.0 Å². The quantitative estimate of drug-likeness (QED) is 0.715. The maximum absolute atomic E-state index is 5.84. The van der Waals surface area contributed by atoms with Crippen LogP contribution in [-0.2, 0) is 11.3 Å². The van der Waals surface area contributed by atoms with Crippen molar-refractivity contribution in [1.29, 1.82) is 0 Å². The number of rotatable bonds is 9. The molecule has 0 aliphatic rings. The van der Waals surface area contributed by atoms with Gasteiger partial charge in [0.1, 0.15) is 5.76 Å². The first-order valence-electron chi connectivity index (χ1n) is 7.58. The summed E-state index contributed by atoms with van der Waals surface area (Å²) in [6, 6.07) is 7.99. The SMILES string of the molecule is COc1cccc2cc(CNCCCCOC(C)C)oc12. The van der Waals surface area contributed by atoms with Crippen LogP contribution >= 0.6 is 0 Å². The van der Waals surface area contributed by atoms with E-state index in [1.807, 2.05) is 18.2 Å². The maximum Gasteiger partial charge on any atom is 0.176 e. The van der Waals surface area contributed by atoms with Gasteiger partial charge in [0, 0.05) is 12.0 Å². The fourth-order valence-electron chi connectivity index (χ4n) is 2.22. The molecule has 0 unspecified atom stereocenters. The van der Waals surface area contributed by atoms with Gasteiger partial charge in [-0.3, -0.25) is 0 Å². The van der Waals surface area contributed by atoms with E-state index in [2.05, 4.69) is 25.2 Å². The molecule has 1 aromatic carbocycles. The normalized spacial score (nSPS) is 11.4. The molecule has 21 heavy (non-hydrogen) atoms. The second-order valence-electron chi connectivity index (χ2n) is 5.39. The number of nitrogens with one attached hydrogen (secondary N) is 1. The molecule has 1 N–H and O–H groups in total. The monoisotopic (exact) mass is 291 g/mol.